The summed E-state index contributed by atoms with van der Waals surface area (Å²) in [5, 5.41) is 7.42. The number of hydrogen-bond donors (Lipinski definition) is 0. The number of hydrogen-bond acceptors (Lipinski definition) is 8. The molecule has 5 rings (SSSR count). The summed E-state index contributed by atoms with van der Waals surface area (Å²) in [6.45, 7) is 1.11. The van der Waals surface area contributed by atoms with Crippen molar-refractivity contribution in [2.45, 2.75) is 31.3 Å². The molecule has 3 aromatic rings. The van der Waals surface area contributed by atoms with Crippen molar-refractivity contribution >= 4 is 66.4 Å². The molecule has 2 aliphatic heterocycles. The Hall–Kier alpha value is -2.28. The molecule has 0 saturated carbocycles. The third-order valence-corrected chi connectivity index (χ3v) is 9.49. The highest BCUT2D eigenvalue weighted by Gasteiger charge is 2.31. The molecule has 4 heterocycles. The molecule has 0 N–H and O–H groups in total. The van der Waals surface area contributed by atoms with Gasteiger partial charge in [0, 0.05) is 42.4 Å². The van der Waals surface area contributed by atoms with Crippen LogP contribution in [0.15, 0.2) is 43.9 Å². The lowest BCUT2D eigenvalue weighted by atomic mass is 9.97. The van der Waals surface area contributed by atoms with Crippen LogP contribution in [-0.2, 0) is 9.63 Å². The van der Waals surface area contributed by atoms with Crippen LogP contribution < -0.4 is 9.47 Å². The van der Waals surface area contributed by atoms with E-state index in [2.05, 4.69) is 42.0 Å². The van der Waals surface area contributed by atoms with Crippen molar-refractivity contribution in [2.24, 2.45) is 5.16 Å². The molecule has 2 aromatic heterocycles. The van der Waals surface area contributed by atoms with Crippen molar-refractivity contribution in [2.75, 3.05) is 26.8 Å². The molecular weight excluding hydrogens is 667 g/mol. The van der Waals surface area contributed by atoms with E-state index in [-0.39, 0.29) is 18.4 Å². The van der Waals surface area contributed by atoms with Gasteiger partial charge in [-0.05, 0) is 56.8 Å². The third-order valence-electron chi connectivity index (χ3n) is 6.41. The molecule has 8 nitrogen and oxygen atoms in total. The fourth-order valence-electron chi connectivity index (χ4n) is 4.40. The molecule has 2 aliphatic rings. The maximum Gasteiger partial charge on any atom is 0.260 e. The van der Waals surface area contributed by atoms with Crippen LogP contribution in [0.4, 0.5) is 4.39 Å². The summed E-state index contributed by atoms with van der Waals surface area (Å²) in [7, 11) is 1.50. The number of nitrogens with zero attached hydrogens (tertiary/aromatic N) is 4. The van der Waals surface area contributed by atoms with E-state index in [1.165, 1.54) is 13.2 Å². The number of piperidine rings is 1. The number of ether oxygens (including phenoxy) is 2. The smallest absolute Gasteiger partial charge is 0.260 e. The maximum absolute atomic E-state index is 14.3. The minimum Gasteiger partial charge on any atom is -0.478 e. The lowest BCUT2D eigenvalue weighted by Gasteiger charge is -2.31. The van der Waals surface area contributed by atoms with Gasteiger partial charge in [0.1, 0.15) is 16.1 Å². The number of aromatic nitrogens is 2. The number of rotatable bonds is 7. The number of carbonyl (C=O) groups excluding carboxylic acids is 1. The summed E-state index contributed by atoms with van der Waals surface area (Å²) < 4.78 is 26.5. The van der Waals surface area contributed by atoms with Gasteiger partial charge in [-0.15, -0.1) is 11.3 Å². The number of carbonyl (C=O) groups is 1. The van der Waals surface area contributed by atoms with Gasteiger partial charge >= 0.3 is 0 Å². The van der Waals surface area contributed by atoms with Gasteiger partial charge in [-0.2, -0.15) is 0 Å². The monoisotopic (exact) mass is 686 g/mol. The van der Waals surface area contributed by atoms with Crippen LogP contribution >= 0.6 is 54.8 Å². The molecule has 1 amide bonds. The topological polar surface area (TPSA) is 86.1 Å². The predicted octanol–water partition coefficient (Wildman–Crippen LogP) is 6.51. The Kier molecular flexibility index (Phi) is 8.51. The molecule has 0 spiro atoms. The molecule has 1 unspecified atom stereocenters. The summed E-state index contributed by atoms with van der Waals surface area (Å²) in [6, 6.07) is 6.27. The third kappa shape index (κ3) is 5.83. The maximum atomic E-state index is 14.3. The quantitative estimate of drug-likeness (QED) is 0.263. The highest BCUT2D eigenvalue weighted by molar-refractivity contribution is 9.13. The molecule has 0 bridgehead atoms. The molecule has 1 aromatic carbocycles. The van der Waals surface area contributed by atoms with E-state index in [9.17, 15) is 9.18 Å². The van der Waals surface area contributed by atoms with Crippen molar-refractivity contribution in [3.05, 3.63) is 65.8 Å². The first-order valence-corrected chi connectivity index (χ1v) is 14.6. The second-order valence-corrected chi connectivity index (χ2v) is 11.7. The number of thiazole rings is 1. The molecule has 200 valence electrons. The van der Waals surface area contributed by atoms with Crippen molar-refractivity contribution in [3.63, 3.8) is 0 Å². The van der Waals surface area contributed by atoms with E-state index in [4.69, 9.17) is 30.9 Å². The zero-order valence-corrected chi connectivity index (χ0v) is 24.9. The van der Waals surface area contributed by atoms with Gasteiger partial charge in [0.25, 0.3) is 11.8 Å². The average molecular weight is 689 g/mol. The number of oxime groups is 1. The number of halogens is 4. The number of amides is 1. The van der Waals surface area contributed by atoms with E-state index in [0.717, 1.165) is 23.5 Å². The summed E-state index contributed by atoms with van der Waals surface area (Å²) in [5.74, 6) is 0.418. The average Bonchev–Trinajstić information content (AvgIpc) is 3.59. The number of benzene rings is 1. The summed E-state index contributed by atoms with van der Waals surface area (Å²) in [5.41, 5.74) is 1.72. The van der Waals surface area contributed by atoms with Gasteiger partial charge in [0.05, 0.1) is 27.3 Å². The lowest BCUT2D eigenvalue weighted by Crippen LogP contribution is -2.40. The van der Waals surface area contributed by atoms with Crippen LogP contribution in [-0.4, -0.2) is 53.3 Å². The number of pyridine rings is 1. The van der Waals surface area contributed by atoms with Gasteiger partial charge < -0.3 is 19.2 Å². The fourth-order valence-corrected chi connectivity index (χ4v) is 6.26. The first-order valence-electron chi connectivity index (χ1n) is 11.8. The second-order valence-electron chi connectivity index (χ2n) is 8.75. The highest BCUT2D eigenvalue weighted by Crippen LogP contribution is 2.37. The van der Waals surface area contributed by atoms with Crippen LogP contribution in [0.5, 0.6) is 11.6 Å². The molecular formula is C25H22Br2ClFN4O4S. The Labute approximate surface area is 244 Å². The van der Waals surface area contributed by atoms with E-state index in [0.29, 0.717) is 56.5 Å². The van der Waals surface area contributed by atoms with E-state index in [1.807, 2.05) is 5.38 Å². The summed E-state index contributed by atoms with van der Waals surface area (Å²) >= 11 is 14.5. The molecule has 1 fully saturated rings. The Morgan fingerprint density at radius 1 is 1.29 bits per heavy atom. The minimum atomic E-state index is -0.574. The van der Waals surface area contributed by atoms with Gasteiger partial charge in [-0.3, -0.25) is 4.79 Å². The Balaban J connectivity index is 1.14. The van der Waals surface area contributed by atoms with Crippen molar-refractivity contribution < 1.29 is 23.5 Å². The fraction of sp³-hybridized carbons (Fsp3) is 0.360. The predicted molar refractivity (Wildman–Crippen MR) is 149 cm³/mol. The normalized spacial score (nSPS) is 17.8. The molecule has 13 heteroatoms. The van der Waals surface area contributed by atoms with Crippen molar-refractivity contribution in [3.8, 4) is 11.6 Å². The lowest BCUT2D eigenvalue weighted by molar-refractivity contribution is -0.134. The molecule has 38 heavy (non-hydrogen) atoms. The van der Waals surface area contributed by atoms with E-state index >= 15 is 0 Å². The van der Waals surface area contributed by atoms with E-state index in [1.54, 1.807) is 34.4 Å². The van der Waals surface area contributed by atoms with E-state index < -0.39 is 11.9 Å². The Bertz CT molecular complexity index is 1360. The first kappa shape index (κ1) is 27.3. The van der Waals surface area contributed by atoms with Crippen LogP contribution in [0.25, 0.3) is 0 Å². The van der Waals surface area contributed by atoms with Gasteiger partial charge in [0.15, 0.2) is 18.5 Å². The SMILES string of the molecule is COc1nc(Br)c(Br)cc1OCC(=O)N1CCC(c2nc(C3=NOC(c4c(F)cccc4Cl)C3)cs2)CC1. The molecule has 0 radical (unpaired) electrons. The number of likely N-dealkylation sites (tertiary alicyclic amines) is 1. The van der Waals surface area contributed by atoms with Crippen molar-refractivity contribution in [1.29, 1.82) is 0 Å². The standard InChI is InChI=1S/C25H22Br2ClFN4O4S/c1-35-24-20(9-14(26)23(27)31-24)36-11-21(34)33-7-5-13(6-8-33)25-30-18(12-38-25)17-10-19(37-32-17)22-15(28)3-2-4-16(22)29/h2-4,9,12-13,19H,5-8,10-11H2,1H3. The molecule has 1 saturated heterocycles. The van der Waals surface area contributed by atoms with Gasteiger partial charge in [-0.25, -0.2) is 14.4 Å². The molecule has 1 atom stereocenters. The van der Waals surface area contributed by atoms with Crippen LogP contribution in [0.1, 0.15) is 47.5 Å². The van der Waals surface area contributed by atoms with Gasteiger partial charge in [-0.1, -0.05) is 22.8 Å². The molecule has 0 aliphatic carbocycles. The van der Waals surface area contributed by atoms with Crippen LogP contribution in [0, 0.1) is 5.82 Å². The Morgan fingerprint density at radius 3 is 2.82 bits per heavy atom. The Morgan fingerprint density at radius 2 is 2.08 bits per heavy atom. The zero-order chi connectivity index (χ0) is 26.8. The zero-order valence-electron chi connectivity index (χ0n) is 20.1. The van der Waals surface area contributed by atoms with Crippen LogP contribution in [0.3, 0.4) is 0 Å². The first-order chi connectivity index (χ1) is 18.3. The van der Waals surface area contributed by atoms with Crippen molar-refractivity contribution in [1.82, 2.24) is 14.9 Å². The summed E-state index contributed by atoms with van der Waals surface area (Å²) in [4.78, 5) is 29.1. The minimum absolute atomic E-state index is 0.0975. The van der Waals surface area contributed by atoms with Gasteiger partial charge in [0.2, 0.25) is 0 Å². The number of methoxy groups -OCH3 is 1. The summed E-state index contributed by atoms with van der Waals surface area (Å²) in [6.07, 6.45) is 1.41. The van der Waals surface area contributed by atoms with Crippen LogP contribution in [0.2, 0.25) is 5.02 Å². The second kappa shape index (κ2) is 11.8. The largest absolute Gasteiger partial charge is 0.478 e. The highest BCUT2D eigenvalue weighted by atomic mass is 79.9.